The Kier molecular flexibility index (Phi) is 7.89. The van der Waals surface area contributed by atoms with Crippen molar-refractivity contribution in [1.82, 2.24) is 4.90 Å². The lowest BCUT2D eigenvalue weighted by atomic mass is 10.1. The van der Waals surface area contributed by atoms with Gasteiger partial charge in [-0.3, -0.25) is 14.5 Å². The van der Waals surface area contributed by atoms with Gasteiger partial charge in [-0.15, -0.1) is 0 Å². The van der Waals surface area contributed by atoms with Crippen molar-refractivity contribution in [2.45, 2.75) is 13.0 Å². The number of amides is 2. The second-order valence-corrected chi connectivity index (χ2v) is 8.51. The van der Waals surface area contributed by atoms with Gasteiger partial charge in [0.2, 0.25) is 0 Å². The fourth-order valence-electron chi connectivity index (χ4n) is 2.84. The number of hydrogen-bond acceptors (Lipinski definition) is 6. The predicted octanol–water partition coefficient (Wildman–Crippen LogP) is 4.80. The first kappa shape index (κ1) is 23.1. The average Bonchev–Trinajstić information content (AvgIpc) is 3.01. The summed E-state index contributed by atoms with van der Waals surface area (Å²) in [5, 5.41) is 8.67. The van der Waals surface area contributed by atoms with Crippen molar-refractivity contribution in [3.63, 3.8) is 0 Å². The molecule has 0 atom stereocenters. The van der Waals surface area contributed by atoms with Crippen LogP contribution in [-0.4, -0.2) is 47.4 Å². The Bertz CT molecular complexity index is 1020. The van der Waals surface area contributed by atoms with E-state index in [1.165, 1.54) is 17.0 Å². The molecule has 162 valence electrons. The Morgan fingerprint density at radius 1 is 1.19 bits per heavy atom. The molecule has 1 heterocycles. The van der Waals surface area contributed by atoms with Gasteiger partial charge in [-0.2, -0.15) is 0 Å². The minimum absolute atomic E-state index is 0.220. The zero-order valence-corrected chi connectivity index (χ0v) is 19.1. The number of imide groups is 1. The Morgan fingerprint density at radius 3 is 2.58 bits per heavy atom. The van der Waals surface area contributed by atoms with Crippen molar-refractivity contribution in [3.05, 3.63) is 68.5 Å². The third kappa shape index (κ3) is 5.96. The monoisotopic (exact) mass is 505 g/mol. The van der Waals surface area contributed by atoms with Crippen molar-refractivity contribution < 1.29 is 29.0 Å². The lowest BCUT2D eigenvalue weighted by Gasteiger charge is -2.11. The third-order valence-corrected chi connectivity index (χ3v) is 5.98. The zero-order chi connectivity index (χ0) is 22.4. The van der Waals surface area contributed by atoms with Crippen LogP contribution in [0.1, 0.15) is 27.9 Å². The van der Waals surface area contributed by atoms with Crippen LogP contribution in [0.25, 0.3) is 6.08 Å². The van der Waals surface area contributed by atoms with Gasteiger partial charge in [0.25, 0.3) is 11.1 Å². The van der Waals surface area contributed by atoms with E-state index in [0.717, 1.165) is 22.9 Å². The minimum Gasteiger partial charge on any atom is -0.488 e. The number of carbonyl (C=O) groups is 3. The molecule has 3 rings (SSSR count). The average molecular weight is 506 g/mol. The largest absolute Gasteiger partial charge is 0.488 e. The summed E-state index contributed by atoms with van der Waals surface area (Å²) in [4.78, 5) is 37.1. The summed E-state index contributed by atoms with van der Waals surface area (Å²) in [6.45, 7) is 1.09. The highest BCUT2D eigenvalue weighted by Crippen LogP contribution is 2.34. The Labute approximate surface area is 192 Å². The Morgan fingerprint density at radius 2 is 1.94 bits per heavy atom. The van der Waals surface area contributed by atoms with E-state index in [4.69, 9.17) is 14.6 Å². The SMILES string of the molecule is COCCCN1C(=O)S/C(=C/c2ccc(OCc3ccc(C(=O)O)cc3)c(Br)c2)C1=O. The number of nitrogens with zero attached hydrogens (tertiary/aromatic N) is 1. The van der Waals surface area contributed by atoms with Crippen LogP contribution in [-0.2, 0) is 16.1 Å². The highest BCUT2D eigenvalue weighted by molar-refractivity contribution is 9.10. The van der Waals surface area contributed by atoms with Gasteiger partial charge in [-0.1, -0.05) is 18.2 Å². The highest BCUT2D eigenvalue weighted by Gasteiger charge is 2.34. The van der Waals surface area contributed by atoms with Crippen molar-refractivity contribution in [1.29, 1.82) is 0 Å². The number of benzene rings is 2. The number of hydrogen-bond donors (Lipinski definition) is 1. The molecular formula is C22H20BrNO6S. The van der Waals surface area contributed by atoms with Crippen molar-refractivity contribution in [3.8, 4) is 5.75 Å². The predicted molar refractivity (Wildman–Crippen MR) is 121 cm³/mol. The van der Waals surface area contributed by atoms with Gasteiger partial charge in [0.15, 0.2) is 0 Å². The normalized spacial score (nSPS) is 15.0. The summed E-state index contributed by atoms with van der Waals surface area (Å²) in [6, 6.07) is 11.8. The van der Waals surface area contributed by atoms with Crippen molar-refractivity contribution >= 4 is 50.9 Å². The first-order valence-electron chi connectivity index (χ1n) is 9.38. The number of ether oxygens (including phenoxy) is 2. The van der Waals surface area contributed by atoms with Gasteiger partial charge in [0, 0.05) is 20.3 Å². The molecule has 0 saturated carbocycles. The molecule has 1 aliphatic rings. The molecule has 0 spiro atoms. The summed E-state index contributed by atoms with van der Waals surface area (Å²) in [7, 11) is 1.58. The molecule has 1 saturated heterocycles. The number of carboxylic acid groups (broad SMARTS) is 1. The molecular weight excluding hydrogens is 486 g/mol. The highest BCUT2D eigenvalue weighted by atomic mass is 79.9. The number of methoxy groups -OCH3 is 1. The molecule has 0 bridgehead atoms. The second kappa shape index (κ2) is 10.6. The summed E-state index contributed by atoms with van der Waals surface area (Å²) < 4.78 is 11.5. The number of rotatable bonds is 9. The fraction of sp³-hybridized carbons (Fsp3) is 0.227. The van der Waals surface area contributed by atoms with E-state index in [1.54, 1.807) is 37.5 Å². The summed E-state index contributed by atoms with van der Waals surface area (Å²) >= 11 is 4.39. The minimum atomic E-state index is -0.973. The lowest BCUT2D eigenvalue weighted by molar-refractivity contribution is -0.122. The smallest absolute Gasteiger partial charge is 0.335 e. The molecule has 2 amide bonds. The molecule has 1 aliphatic heterocycles. The lowest BCUT2D eigenvalue weighted by Crippen LogP contribution is -2.29. The fourth-order valence-corrected chi connectivity index (χ4v) is 4.22. The van der Waals surface area contributed by atoms with E-state index in [-0.39, 0.29) is 23.3 Å². The van der Waals surface area contributed by atoms with Crippen LogP contribution in [0.15, 0.2) is 51.8 Å². The maximum Gasteiger partial charge on any atom is 0.335 e. The molecule has 9 heteroatoms. The van der Waals surface area contributed by atoms with Crippen LogP contribution in [0, 0.1) is 0 Å². The van der Waals surface area contributed by atoms with Gasteiger partial charge in [-0.05, 0) is 75.6 Å². The Balaban J connectivity index is 1.64. The van der Waals surface area contributed by atoms with Crippen LogP contribution in [0.2, 0.25) is 0 Å². The number of aromatic carboxylic acids is 1. The number of carbonyl (C=O) groups excluding carboxylic acids is 2. The molecule has 0 unspecified atom stereocenters. The number of thioether (sulfide) groups is 1. The maximum absolute atomic E-state index is 12.5. The summed E-state index contributed by atoms with van der Waals surface area (Å²) in [5.74, 6) is -0.668. The Hall–Kier alpha value is -2.62. The van der Waals surface area contributed by atoms with Crippen molar-refractivity contribution in [2.24, 2.45) is 0 Å². The van der Waals surface area contributed by atoms with Crippen LogP contribution < -0.4 is 4.74 Å². The first-order chi connectivity index (χ1) is 14.9. The van der Waals surface area contributed by atoms with Crippen molar-refractivity contribution in [2.75, 3.05) is 20.3 Å². The summed E-state index contributed by atoms with van der Waals surface area (Å²) in [5.41, 5.74) is 1.81. The third-order valence-electron chi connectivity index (χ3n) is 4.45. The molecule has 0 aromatic heterocycles. The van der Waals surface area contributed by atoms with E-state index in [0.29, 0.717) is 34.7 Å². The molecule has 0 aliphatic carbocycles. The topological polar surface area (TPSA) is 93.1 Å². The molecule has 1 fully saturated rings. The summed E-state index contributed by atoms with van der Waals surface area (Å²) in [6.07, 6.45) is 2.28. The van der Waals surface area contributed by atoms with Crippen LogP contribution in [0.5, 0.6) is 5.75 Å². The standard InChI is InChI=1S/C22H20BrNO6S/c1-29-10-2-9-24-20(25)19(31-22(24)28)12-15-5-8-18(17(23)11-15)30-13-14-3-6-16(7-4-14)21(26)27/h3-8,11-12H,2,9-10,13H2,1H3,(H,26,27)/b19-12+. The maximum atomic E-state index is 12.5. The van der Waals surface area contributed by atoms with Gasteiger partial charge in [0.1, 0.15) is 12.4 Å². The van der Waals surface area contributed by atoms with E-state index in [9.17, 15) is 14.4 Å². The zero-order valence-electron chi connectivity index (χ0n) is 16.7. The van der Waals surface area contributed by atoms with Crippen LogP contribution in [0.3, 0.4) is 0 Å². The van der Waals surface area contributed by atoms with Crippen LogP contribution >= 0.6 is 27.7 Å². The number of carboxylic acids is 1. The van der Waals surface area contributed by atoms with E-state index >= 15 is 0 Å². The van der Waals surface area contributed by atoms with E-state index in [1.807, 2.05) is 6.07 Å². The second-order valence-electron chi connectivity index (χ2n) is 6.66. The molecule has 31 heavy (non-hydrogen) atoms. The van der Waals surface area contributed by atoms with Gasteiger partial charge in [-0.25, -0.2) is 4.79 Å². The number of halogens is 1. The molecule has 1 N–H and O–H groups in total. The van der Waals surface area contributed by atoms with Crippen LogP contribution in [0.4, 0.5) is 4.79 Å². The molecule has 2 aromatic rings. The van der Waals surface area contributed by atoms with Gasteiger partial charge >= 0.3 is 5.97 Å². The van der Waals surface area contributed by atoms with E-state index < -0.39 is 5.97 Å². The molecule has 2 aromatic carbocycles. The van der Waals surface area contributed by atoms with Gasteiger partial charge in [0.05, 0.1) is 14.9 Å². The van der Waals surface area contributed by atoms with E-state index in [2.05, 4.69) is 15.9 Å². The first-order valence-corrected chi connectivity index (χ1v) is 11.0. The molecule has 0 radical (unpaired) electrons. The van der Waals surface area contributed by atoms with Gasteiger partial charge < -0.3 is 14.6 Å². The molecule has 7 nitrogen and oxygen atoms in total. The quantitative estimate of drug-likeness (QED) is 0.386.